The number of hydrogen-bond acceptors (Lipinski definition) is 4. The van der Waals surface area contributed by atoms with Crippen molar-refractivity contribution in [3.8, 4) is 11.1 Å². The van der Waals surface area contributed by atoms with Crippen molar-refractivity contribution < 1.29 is 14.3 Å². The minimum Gasteiger partial charge on any atom is -0.379 e. The summed E-state index contributed by atoms with van der Waals surface area (Å²) in [5.41, 5.74) is 2.74. The van der Waals surface area contributed by atoms with Gasteiger partial charge >= 0.3 is 0 Å². The van der Waals surface area contributed by atoms with Crippen LogP contribution in [0.3, 0.4) is 0 Å². The Kier molecular flexibility index (Phi) is 7.22. The lowest BCUT2D eigenvalue weighted by Gasteiger charge is -2.39. The summed E-state index contributed by atoms with van der Waals surface area (Å²) in [6.07, 6.45) is 2.01. The van der Waals surface area contributed by atoms with Gasteiger partial charge in [0.05, 0.1) is 12.1 Å². The van der Waals surface area contributed by atoms with E-state index >= 15 is 0 Å². The summed E-state index contributed by atoms with van der Waals surface area (Å²) in [4.78, 5) is 30.3. The number of ether oxygens (including phenoxy) is 1. The molecular weight excluding hydrogens is 402 g/mol. The number of likely N-dealkylation sites (N-methyl/N-ethyl adjacent to an activating group) is 1. The van der Waals surface area contributed by atoms with Crippen molar-refractivity contribution >= 4 is 11.8 Å². The van der Waals surface area contributed by atoms with Gasteiger partial charge < -0.3 is 19.9 Å². The fraction of sp³-hybridized carbons (Fsp3) is 0.462. The van der Waals surface area contributed by atoms with Crippen molar-refractivity contribution in [2.24, 2.45) is 5.92 Å². The van der Waals surface area contributed by atoms with E-state index in [1.54, 1.807) is 7.11 Å². The van der Waals surface area contributed by atoms with Crippen LogP contribution in [0.15, 0.2) is 54.6 Å². The molecule has 0 unspecified atom stereocenters. The average Bonchev–Trinajstić information content (AvgIpc) is 2.85. The highest BCUT2D eigenvalue weighted by atomic mass is 16.5. The van der Waals surface area contributed by atoms with Gasteiger partial charge in [0, 0.05) is 44.8 Å². The Balaban J connectivity index is 1.38. The molecule has 6 nitrogen and oxygen atoms in total. The Morgan fingerprint density at radius 3 is 2.38 bits per heavy atom. The number of piperazine rings is 1. The highest BCUT2D eigenvalue weighted by molar-refractivity contribution is 5.95. The van der Waals surface area contributed by atoms with Gasteiger partial charge in [-0.05, 0) is 49.6 Å². The molecule has 1 heterocycles. The third-order valence-electron chi connectivity index (χ3n) is 6.81. The molecule has 2 fully saturated rings. The molecule has 0 spiro atoms. The third-order valence-corrected chi connectivity index (χ3v) is 6.81. The van der Waals surface area contributed by atoms with Crippen LogP contribution in [0.25, 0.3) is 11.1 Å². The lowest BCUT2D eigenvalue weighted by atomic mass is 9.82. The molecule has 2 aromatic rings. The zero-order chi connectivity index (χ0) is 22.5. The minimum absolute atomic E-state index is 0.0297. The van der Waals surface area contributed by atoms with Crippen LogP contribution in [0.5, 0.6) is 0 Å². The lowest BCUT2D eigenvalue weighted by molar-refractivity contribution is -0.140. The number of methoxy groups -OCH3 is 1. The second kappa shape index (κ2) is 10.3. The van der Waals surface area contributed by atoms with Crippen LogP contribution in [0.2, 0.25) is 0 Å². The molecule has 6 heteroatoms. The SMILES string of the molecule is CO[C@H]1C[C@@H](C(=O)N2CCN(C)CC2)CC[C@@H]1NC(=O)c1cccc(-c2ccccc2)c1. The Hall–Kier alpha value is -2.70. The summed E-state index contributed by atoms with van der Waals surface area (Å²) in [6, 6.07) is 17.6. The highest BCUT2D eigenvalue weighted by Crippen LogP contribution is 2.29. The first-order chi connectivity index (χ1) is 15.5. The Labute approximate surface area is 190 Å². The quantitative estimate of drug-likeness (QED) is 0.784. The first-order valence-corrected chi connectivity index (χ1v) is 11.5. The van der Waals surface area contributed by atoms with Gasteiger partial charge in [0.2, 0.25) is 5.91 Å². The summed E-state index contributed by atoms with van der Waals surface area (Å²) in [7, 11) is 3.76. The van der Waals surface area contributed by atoms with Crippen LogP contribution < -0.4 is 5.32 Å². The van der Waals surface area contributed by atoms with Crippen molar-refractivity contribution in [2.45, 2.75) is 31.4 Å². The van der Waals surface area contributed by atoms with Crippen molar-refractivity contribution in [1.82, 2.24) is 15.1 Å². The molecular formula is C26H33N3O3. The smallest absolute Gasteiger partial charge is 0.251 e. The molecule has 1 saturated heterocycles. The first kappa shape index (κ1) is 22.5. The highest BCUT2D eigenvalue weighted by Gasteiger charge is 2.37. The number of rotatable bonds is 5. The molecule has 170 valence electrons. The van der Waals surface area contributed by atoms with Gasteiger partial charge in [-0.25, -0.2) is 0 Å². The molecule has 1 aliphatic carbocycles. The summed E-state index contributed by atoms with van der Waals surface area (Å²) in [5.74, 6) is 0.108. The normalized spacial score (nSPS) is 24.2. The van der Waals surface area contributed by atoms with Gasteiger partial charge in [-0.15, -0.1) is 0 Å². The summed E-state index contributed by atoms with van der Waals surface area (Å²) in [5, 5.41) is 3.16. The van der Waals surface area contributed by atoms with Gasteiger partial charge in [-0.2, -0.15) is 0 Å². The van der Waals surface area contributed by atoms with E-state index in [-0.39, 0.29) is 29.9 Å². The maximum atomic E-state index is 13.0. The molecule has 32 heavy (non-hydrogen) atoms. The average molecular weight is 436 g/mol. The number of amides is 2. The van der Waals surface area contributed by atoms with E-state index in [9.17, 15) is 9.59 Å². The number of carbonyl (C=O) groups is 2. The summed E-state index contributed by atoms with van der Waals surface area (Å²) >= 11 is 0. The molecule has 2 amide bonds. The van der Waals surface area contributed by atoms with Crippen molar-refractivity contribution in [3.63, 3.8) is 0 Å². The lowest BCUT2D eigenvalue weighted by Crippen LogP contribution is -2.53. The van der Waals surface area contributed by atoms with Crippen molar-refractivity contribution in [2.75, 3.05) is 40.3 Å². The number of carbonyl (C=O) groups excluding carboxylic acids is 2. The van der Waals surface area contributed by atoms with Crippen molar-refractivity contribution in [1.29, 1.82) is 0 Å². The molecule has 3 atom stereocenters. The van der Waals surface area contributed by atoms with E-state index in [4.69, 9.17) is 4.74 Å². The number of nitrogens with zero attached hydrogens (tertiary/aromatic N) is 2. The van der Waals surface area contributed by atoms with Crippen LogP contribution in [0, 0.1) is 5.92 Å². The standard InChI is InChI=1S/C26H33N3O3/c1-28-13-15-29(16-14-28)26(31)22-11-12-23(24(18-22)32-2)27-25(30)21-10-6-9-20(17-21)19-7-4-3-5-8-19/h3-10,17,22-24H,11-16,18H2,1-2H3,(H,27,30)/t22-,23-,24-/m0/s1. The van der Waals surface area contributed by atoms with E-state index in [1.807, 2.05) is 59.5 Å². The van der Waals surface area contributed by atoms with Crippen LogP contribution in [0.4, 0.5) is 0 Å². The second-order valence-electron chi connectivity index (χ2n) is 8.94. The van der Waals surface area contributed by atoms with Crippen molar-refractivity contribution in [3.05, 3.63) is 60.2 Å². The molecule has 2 aromatic carbocycles. The van der Waals surface area contributed by atoms with Crippen LogP contribution >= 0.6 is 0 Å². The van der Waals surface area contributed by atoms with Crippen LogP contribution in [-0.2, 0) is 9.53 Å². The molecule has 0 bridgehead atoms. The predicted octanol–water partition coefficient (Wildman–Crippen LogP) is 3.04. The molecule has 1 N–H and O–H groups in total. The maximum absolute atomic E-state index is 13.0. The monoisotopic (exact) mass is 435 g/mol. The molecule has 2 aliphatic rings. The molecule has 1 aliphatic heterocycles. The topological polar surface area (TPSA) is 61.9 Å². The van der Waals surface area contributed by atoms with Gasteiger partial charge in [-0.3, -0.25) is 9.59 Å². The zero-order valence-corrected chi connectivity index (χ0v) is 19.0. The Bertz CT molecular complexity index is 925. The fourth-order valence-corrected chi connectivity index (χ4v) is 4.79. The first-order valence-electron chi connectivity index (χ1n) is 11.5. The zero-order valence-electron chi connectivity index (χ0n) is 19.0. The number of nitrogens with one attached hydrogen (secondary N) is 1. The molecule has 0 radical (unpaired) electrons. The van der Waals surface area contributed by atoms with Gasteiger partial charge in [-0.1, -0.05) is 42.5 Å². The Morgan fingerprint density at radius 2 is 1.66 bits per heavy atom. The van der Waals surface area contributed by atoms with Crippen LogP contribution in [-0.4, -0.2) is 74.1 Å². The van der Waals surface area contributed by atoms with E-state index < -0.39 is 0 Å². The molecule has 1 saturated carbocycles. The van der Waals surface area contributed by atoms with E-state index in [0.717, 1.165) is 50.1 Å². The number of benzene rings is 2. The summed E-state index contributed by atoms with van der Waals surface area (Å²) in [6.45, 7) is 3.43. The van der Waals surface area contributed by atoms with Gasteiger partial charge in [0.25, 0.3) is 5.91 Å². The predicted molar refractivity (Wildman–Crippen MR) is 125 cm³/mol. The van der Waals surface area contributed by atoms with Crippen LogP contribution in [0.1, 0.15) is 29.6 Å². The maximum Gasteiger partial charge on any atom is 0.251 e. The summed E-state index contributed by atoms with van der Waals surface area (Å²) < 4.78 is 5.72. The molecule has 4 rings (SSSR count). The number of hydrogen-bond donors (Lipinski definition) is 1. The Morgan fingerprint density at radius 1 is 0.938 bits per heavy atom. The molecule has 0 aromatic heterocycles. The third kappa shape index (κ3) is 5.19. The largest absolute Gasteiger partial charge is 0.379 e. The van der Waals surface area contributed by atoms with E-state index in [2.05, 4.69) is 17.3 Å². The van der Waals surface area contributed by atoms with E-state index in [1.165, 1.54) is 0 Å². The van der Waals surface area contributed by atoms with Gasteiger partial charge in [0.1, 0.15) is 0 Å². The second-order valence-corrected chi connectivity index (χ2v) is 8.94. The fourth-order valence-electron chi connectivity index (χ4n) is 4.79. The minimum atomic E-state index is -0.161. The van der Waals surface area contributed by atoms with E-state index in [0.29, 0.717) is 12.0 Å². The van der Waals surface area contributed by atoms with Gasteiger partial charge in [0.15, 0.2) is 0 Å².